The summed E-state index contributed by atoms with van der Waals surface area (Å²) in [7, 11) is 0. The molecule has 0 radical (unpaired) electrons. The van der Waals surface area contributed by atoms with Crippen molar-refractivity contribution < 1.29 is 25.8 Å². The Morgan fingerprint density at radius 1 is 0.786 bits per heavy atom. The van der Waals surface area contributed by atoms with E-state index < -0.39 is 0 Å². The van der Waals surface area contributed by atoms with E-state index in [4.69, 9.17) is 14.8 Å². The maximum absolute atomic E-state index is 6.71. The molecule has 5 nitrogen and oxygen atoms in total. The van der Waals surface area contributed by atoms with Gasteiger partial charge in [0.1, 0.15) is 5.82 Å². The molecular weight excluding hydrogens is 868 g/mol. The van der Waals surface area contributed by atoms with Crippen molar-refractivity contribution >= 4 is 21.8 Å². The number of rotatable bonds is 12. The average Bonchev–Trinajstić information content (AvgIpc) is 3.73. The molecule has 0 N–H and O–H groups in total. The Balaban J connectivity index is 0.00000532. The summed E-state index contributed by atoms with van der Waals surface area (Å²) in [6, 6.07) is 37.7. The topological polar surface area (TPSA) is 44.9 Å². The second-order valence-electron chi connectivity index (χ2n) is 16.9. The number of ether oxygens (including phenoxy) is 1. The number of aromatic nitrogens is 4. The van der Waals surface area contributed by atoms with Gasteiger partial charge >= 0.3 is 21.1 Å². The van der Waals surface area contributed by atoms with E-state index in [1.54, 1.807) is 0 Å². The second kappa shape index (κ2) is 16.9. The number of benzene rings is 4. The van der Waals surface area contributed by atoms with Gasteiger partial charge in [0.05, 0.1) is 11.4 Å². The van der Waals surface area contributed by atoms with Crippen LogP contribution in [0.4, 0.5) is 0 Å². The number of hydrogen-bond donors (Lipinski definition) is 0. The fraction of sp³-hybridized carbons (Fsp3) is 0.360. The van der Waals surface area contributed by atoms with Crippen LogP contribution in [0.3, 0.4) is 0 Å². The Morgan fingerprint density at radius 2 is 1.54 bits per heavy atom. The van der Waals surface area contributed by atoms with Gasteiger partial charge in [-0.15, -0.1) is 35.7 Å². The number of aryl methyl sites for hydroxylation is 2. The van der Waals surface area contributed by atoms with Crippen LogP contribution in [0, 0.1) is 25.0 Å². The minimum atomic E-state index is -0.0161. The van der Waals surface area contributed by atoms with Crippen molar-refractivity contribution in [1.29, 1.82) is 0 Å². The van der Waals surface area contributed by atoms with Crippen LogP contribution >= 0.6 is 0 Å². The predicted molar refractivity (Wildman–Crippen MR) is 229 cm³/mol. The van der Waals surface area contributed by atoms with Crippen molar-refractivity contribution in [3.8, 4) is 34.1 Å². The molecule has 292 valence electrons. The first kappa shape index (κ1) is 41.2. The van der Waals surface area contributed by atoms with Gasteiger partial charge in [-0.3, -0.25) is 4.68 Å². The summed E-state index contributed by atoms with van der Waals surface area (Å²) in [4.78, 5) is 4.91. The van der Waals surface area contributed by atoms with Crippen molar-refractivity contribution in [2.45, 2.75) is 112 Å². The standard InChI is InChI=1S/C50H56N4O.Pt/c1-11-34(6)48-47(37-16-14-13-15-17-37)49(35(7)12-2)54(52-48)39-26-33(5)27-41(30-39)55-40-21-22-42-43-28-36(19-18-32(3)4)20-23-44(43)53(45(42)31-40)46-29-38(24-25-51-46)50(8,9)10;/h13-17,20-29,32,34-35H,11-12,18-19H2,1-10H3;/q-2;+2. The molecule has 0 saturated carbocycles. The van der Waals surface area contributed by atoms with Gasteiger partial charge in [0.2, 0.25) is 0 Å². The molecule has 0 spiro atoms. The summed E-state index contributed by atoms with van der Waals surface area (Å²) in [5.74, 6) is 3.38. The molecule has 0 fully saturated rings. The van der Waals surface area contributed by atoms with Crippen LogP contribution in [-0.2, 0) is 32.9 Å². The van der Waals surface area contributed by atoms with Crippen LogP contribution < -0.4 is 4.74 Å². The summed E-state index contributed by atoms with van der Waals surface area (Å²) >= 11 is 0. The molecule has 4 aromatic carbocycles. The normalized spacial score (nSPS) is 13.0. The molecule has 2 unspecified atom stereocenters. The quantitative estimate of drug-likeness (QED) is 0.115. The maximum Gasteiger partial charge on any atom is 2.00 e. The monoisotopic (exact) mass is 923 g/mol. The predicted octanol–water partition coefficient (Wildman–Crippen LogP) is 13.6. The van der Waals surface area contributed by atoms with Gasteiger partial charge in [0, 0.05) is 34.7 Å². The van der Waals surface area contributed by atoms with E-state index in [-0.39, 0.29) is 32.4 Å². The number of hydrogen-bond acceptors (Lipinski definition) is 3. The second-order valence-corrected chi connectivity index (χ2v) is 16.9. The van der Waals surface area contributed by atoms with E-state index in [9.17, 15) is 0 Å². The molecule has 56 heavy (non-hydrogen) atoms. The van der Waals surface area contributed by atoms with E-state index in [0.29, 0.717) is 23.3 Å². The SMILES string of the molecule is CCC(C)c1nn(-c2[c-]c(Oc3[c-]c4c(cc3)c3cc(CCC(C)C)ccc3n4-c3cc(C(C)(C)C)ccn3)cc(C)c2)c(C(C)CC)c1-c1ccccc1.[Pt+2]. The zero-order chi connectivity index (χ0) is 39.0. The van der Waals surface area contributed by atoms with E-state index in [1.807, 2.05) is 18.3 Å². The molecule has 0 aliphatic rings. The molecule has 3 aromatic heterocycles. The third-order valence-corrected chi connectivity index (χ3v) is 11.2. The molecular formula is C50H56N4OPt. The van der Waals surface area contributed by atoms with Crippen LogP contribution in [0.1, 0.15) is 121 Å². The number of pyridine rings is 1. The molecule has 0 aliphatic carbocycles. The van der Waals surface area contributed by atoms with Gasteiger partial charge < -0.3 is 9.30 Å². The summed E-state index contributed by atoms with van der Waals surface area (Å²) in [5, 5.41) is 7.70. The molecule has 2 atom stereocenters. The Kier molecular flexibility index (Phi) is 12.5. The van der Waals surface area contributed by atoms with Crippen molar-refractivity contribution in [2.75, 3.05) is 0 Å². The molecule has 0 bridgehead atoms. The van der Waals surface area contributed by atoms with Crippen LogP contribution in [0.5, 0.6) is 11.5 Å². The van der Waals surface area contributed by atoms with Crippen LogP contribution in [0.15, 0.2) is 91.1 Å². The number of fused-ring (bicyclic) bond motifs is 3. The third kappa shape index (κ3) is 8.30. The zero-order valence-corrected chi connectivity index (χ0v) is 37.0. The maximum atomic E-state index is 6.71. The van der Waals surface area contributed by atoms with E-state index in [2.05, 4.69) is 163 Å². The Morgan fingerprint density at radius 3 is 2.23 bits per heavy atom. The van der Waals surface area contributed by atoms with Gasteiger partial charge in [-0.2, -0.15) is 16.7 Å². The summed E-state index contributed by atoms with van der Waals surface area (Å²) < 4.78 is 11.1. The fourth-order valence-electron chi connectivity index (χ4n) is 7.56. The Bertz CT molecular complexity index is 2450. The van der Waals surface area contributed by atoms with Gasteiger partial charge in [-0.1, -0.05) is 117 Å². The molecule has 0 saturated heterocycles. The minimum Gasteiger partial charge on any atom is -0.509 e. The Hall–Kier alpha value is -4.47. The van der Waals surface area contributed by atoms with Crippen LogP contribution in [0.25, 0.3) is 44.4 Å². The zero-order valence-electron chi connectivity index (χ0n) is 34.7. The summed E-state index contributed by atoms with van der Waals surface area (Å²) in [5.41, 5.74) is 11.4. The van der Waals surface area contributed by atoms with Gasteiger partial charge in [0.15, 0.2) is 0 Å². The third-order valence-electron chi connectivity index (χ3n) is 11.2. The van der Waals surface area contributed by atoms with Crippen molar-refractivity contribution in [2.24, 2.45) is 5.92 Å². The molecule has 7 aromatic rings. The van der Waals surface area contributed by atoms with E-state index in [0.717, 1.165) is 64.9 Å². The van der Waals surface area contributed by atoms with E-state index >= 15 is 0 Å². The minimum absolute atomic E-state index is 0. The fourth-order valence-corrected chi connectivity index (χ4v) is 7.56. The Labute approximate surface area is 348 Å². The van der Waals surface area contributed by atoms with Crippen molar-refractivity contribution in [3.63, 3.8) is 0 Å². The van der Waals surface area contributed by atoms with E-state index in [1.165, 1.54) is 33.3 Å². The average molecular weight is 924 g/mol. The molecule has 6 heteroatoms. The first-order valence-corrected chi connectivity index (χ1v) is 20.2. The molecule has 3 heterocycles. The van der Waals surface area contributed by atoms with Crippen LogP contribution in [-0.4, -0.2) is 19.3 Å². The number of nitrogens with zero attached hydrogens (tertiary/aromatic N) is 4. The molecule has 7 rings (SSSR count). The first-order valence-electron chi connectivity index (χ1n) is 20.2. The largest absolute Gasteiger partial charge is 2.00 e. The van der Waals surface area contributed by atoms with Crippen molar-refractivity contribution in [1.82, 2.24) is 19.3 Å². The van der Waals surface area contributed by atoms with Crippen molar-refractivity contribution in [3.05, 3.63) is 131 Å². The van der Waals surface area contributed by atoms with Gasteiger partial charge in [0.25, 0.3) is 0 Å². The molecule has 0 amide bonds. The first-order chi connectivity index (χ1) is 26.4. The van der Waals surface area contributed by atoms with Gasteiger partial charge in [-0.25, -0.2) is 4.98 Å². The smallest absolute Gasteiger partial charge is 0.509 e. The van der Waals surface area contributed by atoms with Crippen LogP contribution in [0.2, 0.25) is 0 Å². The summed E-state index contributed by atoms with van der Waals surface area (Å²) in [6.07, 6.45) is 6.13. The summed E-state index contributed by atoms with van der Waals surface area (Å²) in [6.45, 7) is 22.5. The molecule has 0 aliphatic heterocycles. The van der Waals surface area contributed by atoms with Gasteiger partial charge in [-0.05, 0) is 88.9 Å².